The predicted molar refractivity (Wildman–Crippen MR) is 95.4 cm³/mol. The zero-order chi connectivity index (χ0) is 17.8. The number of rotatable bonds is 11. The van der Waals surface area contributed by atoms with E-state index >= 15 is 0 Å². The molecule has 0 bridgehead atoms. The van der Waals surface area contributed by atoms with Crippen LogP contribution in [0.15, 0.2) is 18.2 Å². The summed E-state index contributed by atoms with van der Waals surface area (Å²) in [7, 11) is 0. The summed E-state index contributed by atoms with van der Waals surface area (Å²) in [6.45, 7) is 5.68. The lowest BCUT2D eigenvalue weighted by Crippen LogP contribution is -2.10. The molecule has 0 unspecified atom stereocenters. The van der Waals surface area contributed by atoms with Gasteiger partial charge in [-0.15, -0.1) is 0 Å². The molecule has 0 aliphatic rings. The standard InChI is InChI=1S/C20H30O4/c1-4-7-8-9-10-11-12-16-13-14-17(23-19(21)5-2)18(15-16)24-20(22)6-3/h13-15H,4-12H2,1-3H3. The van der Waals surface area contributed by atoms with Crippen LogP contribution in [0.25, 0.3) is 0 Å². The van der Waals surface area contributed by atoms with E-state index in [4.69, 9.17) is 9.47 Å². The molecule has 134 valence electrons. The number of benzene rings is 1. The second-order valence-corrected chi connectivity index (χ2v) is 5.95. The summed E-state index contributed by atoms with van der Waals surface area (Å²) in [5.74, 6) is -0.0181. The normalized spacial score (nSPS) is 10.5. The molecule has 0 saturated carbocycles. The van der Waals surface area contributed by atoms with E-state index in [1.165, 1.54) is 32.1 Å². The van der Waals surface area contributed by atoms with Crippen molar-refractivity contribution in [2.45, 2.75) is 78.6 Å². The molecule has 0 N–H and O–H groups in total. The van der Waals surface area contributed by atoms with E-state index in [1.54, 1.807) is 19.9 Å². The Morgan fingerprint density at radius 3 is 2.00 bits per heavy atom. The maximum absolute atomic E-state index is 11.6. The smallest absolute Gasteiger partial charge is 0.311 e. The Labute approximate surface area is 145 Å². The molecule has 1 aromatic carbocycles. The molecule has 24 heavy (non-hydrogen) atoms. The number of hydrogen-bond acceptors (Lipinski definition) is 4. The zero-order valence-corrected chi connectivity index (χ0v) is 15.2. The second kappa shape index (κ2) is 11.7. The first kappa shape index (κ1) is 20.2. The van der Waals surface area contributed by atoms with Crippen LogP contribution in [0.5, 0.6) is 11.5 Å². The number of hydrogen-bond donors (Lipinski definition) is 0. The van der Waals surface area contributed by atoms with Gasteiger partial charge >= 0.3 is 11.9 Å². The van der Waals surface area contributed by atoms with Crippen LogP contribution in [-0.2, 0) is 16.0 Å². The summed E-state index contributed by atoms with van der Waals surface area (Å²) in [6.07, 6.45) is 8.92. The molecule has 4 heteroatoms. The summed E-state index contributed by atoms with van der Waals surface area (Å²) in [5.41, 5.74) is 1.10. The largest absolute Gasteiger partial charge is 0.423 e. The molecule has 0 aliphatic carbocycles. The van der Waals surface area contributed by atoms with Crippen molar-refractivity contribution in [1.29, 1.82) is 0 Å². The molecule has 0 amide bonds. The van der Waals surface area contributed by atoms with Gasteiger partial charge in [0.25, 0.3) is 0 Å². The fraction of sp³-hybridized carbons (Fsp3) is 0.600. The molecular weight excluding hydrogens is 304 g/mol. The topological polar surface area (TPSA) is 52.6 Å². The lowest BCUT2D eigenvalue weighted by atomic mass is 10.0. The van der Waals surface area contributed by atoms with Gasteiger partial charge in [-0.1, -0.05) is 58.9 Å². The molecule has 1 rings (SSSR count). The Kier molecular flexibility index (Phi) is 9.81. The maximum Gasteiger partial charge on any atom is 0.311 e. The minimum absolute atomic E-state index is 0.278. The van der Waals surface area contributed by atoms with E-state index in [1.807, 2.05) is 12.1 Å². The molecule has 1 aromatic rings. The van der Waals surface area contributed by atoms with Crippen LogP contribution >= 0.6 is 0 Å². The Hall–Kier alpha value is -1.84. The summed E-state index contributed by atoms with van der Waals surface area (Å²) in [4.78, 5) is 23.1. The molecule has 4 nitrogen and oxygen atoms in total. The SMILES string of the molecule is CCCCCCCCc1ccc(OC(=O)CC)c(OC(=O)CC)c1. The van der Waals surface area contributed by atoms with Gasteiger partial charge in [-0.25, -0.2) is 0 Å². The Morgan fingerprint density at radius 1 is 0.792 bits per heavy atom. The summed E-state index contributed by atoms with van der Waals surface area (Å²) in [5, 5.41) is 0. The van der Waals surface area contributed by atoms with Crippen molar-refractivity contribution >= 4 is 11.9 Å². The molecular formula is C20H30O4. The van der Waals surface area contributed by atoms with E-state index < -0.39 is 0 Å². The summed E-state index contributed by atoms with van der Waals surface area (Å²) in [6, 6.07) is 5.48. The van der Waals surface area contributed by atoms with Crippen LogP contribution in [0, 0.1) is 0 Å². The highest BCUT2D eigenvalue weighted by molar-refractivity contribution is 5.76. The summed E-state index contributed by atoms with van der Waals surface area (Å²) >= 11 is 0. The number of ether oxygens (including phenoxy) is 2. The molecule has 0 spiro atoms. The highest BCUT2D eigenvalue weighted by Crippen LogP contribution is 2.30. The Balaban J connectivity index is 2.68. The molecule has 0 heterocycles. The summed E-state index contributed by atoms with van der Waals surface area (Å²) < 4.78 is 10.6. The Bertz CT molecular complexity index is 522. The second-order valence-electron chi connectivity index (χ2n) is 5.95. The fourth-order valence-corrected chi connectivity index (χ4v) is 2.37. The Morgan fingerprint density at radius 2 is 1.38 bits per heavy atom. The average Bonchev–Trinajstić information content (AvgIpc) is 2.59. The van der Waals surface area contributed by atoms with Crippen molar-refractivity contribution in [3.8, 4) is 11.5 Å². The van der Waals surface area contributed by atoms with Gasteiger partial charge in [0, 0.05) is 12.8 Å². The third-order valence-electron chi connectivity index (χ3n) is 3.85. The lowest BCUT2D eigenvalue weighted by molar-refractivity contribution is -0.136. The first-order valence-corrected chi connectivity index (χ1v) is 9.14. The first-order valence-electron chi connectivity index (χ1n) is 9.14. The number of esters is 2. The highest BCUT2D eigenvalue weighted by Gasteiger charge is 2.13. The zero-order valence-electron chi connectivity index (χ0n) is 15.2. The van der Waals surface area contributed by atoms with Crippen molar-refractivity contribution in [2.24, 2.45) is 0 Å². The van der Waals surface area contributed by atoms with Crippen LogP contribution in [0.4, 0.5) is 0 Å². The van der Waals surface area contributed by atoms with Crippen LogP contribution in [0.3, 0.4) is 0 Å². The van der Waals surface area contributed by atoms with E-state index in [9.17, 15) is 9.59 Å². The van der Waals surface area contributed by atoms with Crippen LogP contribution in [-0.4, -0.2) is 11.9 Å². The molecule has 0 fully saturated rings. The highest BCUT2D eigenvalue weighted by atomic mass is 16.6. The lowest BCUT2D eigenvalue weighted by Gasteiger charge is -2.11. The van der Waals surface area contributed by atoms with Crippen molar-refractivity contribution in [3.63, 3.8) is 0 Å². The van der Waals surface area contributed by atoms with E-state index in [2.05, 4.69) is 6.92 Å². The van der Waals surface area contributed by atoms with Gasteiger partial charge in [0.2, 0.25) is 0 Å². The van der Waals surface area contributed by atoms with E-state index in [0.29, 0.717) is 11.5 Å². The van der Waals surface area contributed by atoms with Gasteiger partial charge in [0.1, 0.15) is 0 Å². The monoisotopic (exact) mass is 334 g/mol. The number of carbonyl (C=O) groups excluding carboxylic acids is 2. The minimum Gasteiger partial charge on any atom is -0.423 e. The molecule has 0 radical (unpaired) electrons. The van der Waals surface area contributed by atoms with Crippen molar-refractivity contribution < 1.29 is 19.1 Å². The number of unbranched alkanes of at least 4 members (excludes halogenated alkanes) is 5. The number of aryl methyl sites for hydroxylation is 1. The van der Waals surface area contributed by atoms with Crippen molar-refractivity contribution in [1.82, 2.24) is 0 Å². The maximum atomic E-state index is 11.6. The first-order chi connectivity index (χ1) is 11.6. The van der Waals surface area contributed by atoms with E-state index in [0.717, 1.165) is 18.4 Å². The quantitative estimate of drug-likeness (QED) is 0.316. The average molecular weight is 334 g/mol. The van der Waals surface area contributed by atoms with Gasteiger partial charge in [-0.3, -0.25) is 9.59 Å². The van der Waals surface area contributed by atoms with Crippen LogP contribution in [0.1, 0.15) is 77.7 Å². The third kappa shape index (κ3) is 7.62. The molecule has 0 aromatic heterocycles. The third-order valence-corrected chi connectivity index (χ3v) is 3.85. The van der Waals surface area contributed by atoms with Crippen LogP contribution < -0.4 is 9.47 Å². The van der Waals surface area contributed by atoms with Crippen LogP contribution in [0.2, 0.25) is 0 Å². The molecule has 0 aliphatic heterocycles. The molecule has 0 saturated heterocycles. The van der Waals surface area contributed by atoms with Gasteiger partial charge in [-0.05, 0) is 30.5 Å². The van der Waals surface area contributed by atoms with Gasteiger partial charge in [-0.2, -0.15) is 0 Å². The van der Waals surface area contributed by atoms with Gasteiger partial charge in [0.15, 0.2) is 11.5 Å². The minimum atomic E-state index is -0.340. The van der Waals surface area contributed by atoms with Gasteiger partial charge in [0.05, 0.1) is 0 Å². The fourth-order valence-electron chi connectivity index (χ4n) is 2.37. The number of carbonyl (C=O) groups is 2. The van der Waals surface area contributed by atoms with Crippen molar-refractivity contribution in [2.75, 3.05) is 0 Å². The van der Waals surface area contributed by atoms with E-state index in [-0.39, 0.29) is 24.8 Å². The van der Waals surface area contributed by atoms with Crippen molar-refractivity contribution in [3.05, 3.63) is 23.8 Å². The van der Waals surface area contributed by atoms with Gasteiger partial charge < -0.3 is 9.47 Å². The predicted octanol–water partition coefficient (Wildman–Crippen LogP) is 5.22. The molecule has 0 atom stereocenters.